The summed E-state index contributed by atoms with van der Waals surface area (Å²) in [4.78, 5) is 0. The average Bonchev–Trinajstić information content (AvgIpc) is 3.04. The van der Waals surface area contributed by atoms with E-state index in [2.05, 4.69) is 36.5 Å². The van der Waals surface area contributed by atoms with Gasteiger partial charge < -0.3 is 14.8 Å². The fourth-order valence-corrected chi connectivity index (χ4v) is 3.43. The number of fused-ring (bicyclic) bond motifs is 1. The fraction of sp³-hybridized carbons (Fsp3) is 0.667. The van der Waals surface area contributed by atoms with E-state index >= 15 is 0 Å². The minimum atomic E-state index is 0.298. The third-order valence-electron chi connectivity index (χ3n) is 4.64. The van der Waals surface area contributed by atoms with Gasteiger partial charge in [-0.05, 0) is 43.4 Å². The highest BCUT2D eigenvalue weighted by Gasteiger charge is 2.30. The van der Waals surface area contributed by atoms with Gasteiger partial charge in [0.15, 0.2) is 0 Å². The van der Waals surface area contributed by atoms with Gasteiger partial charge in [-0.25, -0.2) is 0 Å². The molecule has 1 aromatic rings. The molecule has 1 aliphatic heterocycles. The van der Waals surface area contributed by atoms with Gasteiger partial charge in [-0.15, -0.1) is 0 Å². The third-order valence-corrected chi connectivity index (χ3v) is 4.64. The number of rotatable bonds is 6. The maximum absolute atomic E-state index is 6.29. The third kappa shape index (κ3) is 3.65. The second kappa shape index (κ2) is 7.39. The number of hydrogen-bond acceptors (Lipinski definition) is 3. The maximum Gasteiger partial charge on any atom is 0.0773 e. The number of nitrogens with one attached hydrogen (secondary N) is 1. The Morgan fingerprint density at radius 1 is 1.29 bits per heavy atom. The van der Waals surface area contributed by atoms with E-state index in [4.69, 9.17) is 9.47 Å². The van der Waals surface area contributed by atoms with Crippen LogP contribution in [0.3, 0.4) is 0 Å². The van der Waals surface area contributed by atoms with Crippen molar-refractivity contribution in [3.63, 3.8) is 0 Å². The van der Waals surface area contributed by atoms with Gasteiger partial charge in [0.25, 0.3) is 0 Å². The molecule has 116 valence electrons. The molecule has 3 unspecified atom stereocenters. The Morgan fingerprint density at radius 2 is 2.19 bits per heavy atom. The second-order valence-electron chi connectivity index (χ2n) is 6.27. The van der Waals surface area contributed by atoms with Crippen molar-refractivity contribution in [3.05, 3.63) is 35.4 Å². The second-order valence-corrected chi connectivity index (χ2v) is 6.27. The quantitative estimate of drug-likeness (QED) is 0.873. The van der Waals surface area contributed by atoms with E-state index in [0.717, 1.165) is 52.0 Å². The molecule has 0 aromatic heterocycles. The van der Waals surface area contributed by atoms with Gasteiger partial charge in [-0.2, -0.15) is 0 Å². The smallest absolute Gasteiger partial charge is 0.0773 e. The Morgan fingerprint density at radius 3 is 3.00 bits per heavy atom. The fourth-order valence-electron chi connectivity index (χ4n) is 3.43. The van der Waals surface area contributed by atoms with Crippen molar-refractivity contribution >= 4 is 0 Å². The van der Waals surface area contributed by atoms with Crippen LogP contribution in [0.25, 0.3) is 0 Å². The van der Waals surface area contributed by atoms with Crippen LogP contribution in [0, 0.1) is 5.92 Å². The van der Waals surface area contributed by atoms with Crippen LogP contribution in [-0.4, -0.2) is 32.5 Å². The highest BCUT2D eigenvalue weighted by molar-refractivity contribution is 5.33. The summed E-state index contributed by atoms with van der Waals surface area (Å²) >= 11 is 0. The molecule has 21 heavy (non-hydrogen) atoms. The highest BCUT2D eigenvalue weighted by atomic mass is 16.5. The van der Waals surface area contributed by atoms with Gasteiger partial charge in [-0.1, -0.05) is 31.2 Å². The molecule has 0 spiro atoms. The first-order valence-corrected chi connectivity index (χ1v) is 8.39. The van der Waals surface area contributed by atoms with Crippen molar-refractivity contribution in [2.45, 2.75) is 44.8 Å². The Hall–Kier alpha value is -0.900. The van der Waals surface area contributed by atoms with Crippen LogP contribution in [0.5, 0.6) is 0 Å². The lowest BCUT2D eigenvalue weighted by Gasteiger charge is -2.35. The summed E-state index contributed by atoms with van der Waals surface area (Å²) in [5, 5.41) is 3.70. The average molecular weight is 289 g/mol. The van der Waals surface area contributed by atoms with Crippen LogP contribution in [0.15, 0.2) is 24.3 Å². The molecule has 3 rings (SSSR count). The Balaban J connectivity index is 1.66. The summed E-state index contributed by atoms with van der Waals surface area (Å²) in [7, 11) is 0. The number of ether oxygens (including phenoxy) is 2. The van der Waals surface area contributed by atoms with Crippen LogP contribution in [0.1, 0.15) is 43.4 Å². The first-order chi connectivity index (χ1) is 10.4. The molecule has 3 atom stereocenters. The zero-order chi connectivity index (χ0) is 14.5. The first-order valence-electron chi connectivity index (χ1n) is 8.39. The molecule has 1 heterocycles. The Kier molecular flexibility index (Phi) is 5.28. The zero-order valence-electron chi connectivity index (χ0n) is 13.0. The predicted molar refractivity (Wildman–Crippen MR) is 84.5 cm³/mol. The molecule has 1 fully saturated rings. The molecule has 1 saturated heterocycles. The summed E-state index contributed by atoms with van der Waals surface area (Å²) in [6, 6.07) is 9.16. The summed E-state index contributed by atoms with van der Waals surface area (Å²) in [6.45, 7) is 5.88. The van der Waals surface area contributed by atoms with Gasteiger partial charge in [0.05, 0.1) is 25.4 Å². The normalized spacial score (nSPS) is 28.5. The van der Waals surface area contributed by atoms with E-state index < -0.39 is 0 Å². The van der Waals surface area contributed by atoms with Crippen LogP contribution in [0.4, 0.5) is 0 Å². The van der Waals surface area contributed by atoms with Crippen molar-refractivity contribution < 1.29 is 9.47 Å². The van der Waals surface area contributed by atoms with Crippen molar-refractivity contribution in [1.29, 1.82) is 0 Å². The summed E-state index contributed by atoms with van der Waals surface area (Å²) < 4.78 is 11.7. The lowest BCUT2D eigenvalue weighted by molar-refractivity contribution is -0.00498. The standard InChI is InChI=1S/C18H27NO2/c1-2-10-19-18-16-6-4-3-5-15(16)7-8-17(18)21-13-14-9-11-20-12-14/h3-6,14,17-19H,2,7-13H2,1H3. The number of aryl methyl sites for hydroxylation is 1. The van der Waals surface area contributed by atoms with Crippen LogP contribution in [-0.2, 0) is 15.9 Å². The van der Waals surface area contributed by atoms with E-state index in [9.17, 15) is 0 Å². The Bertz CT molecular complexity index is 443. The predicted octanol–water partition coefficient (Wildman–Crippen LogP) is 3.10. The summed E-state index contributed by atoms with van der Waals surface area (Å²) in [6.07, 6.45) is 4.85. The molecule has 3 nitrogen and oxygen atoms in total. The first kappa shape index (κ1) is 15.0. The SMILES string of the molecule is CCCNC1c2ccccc2CCC1OCC1CCOC1. The molecular weight excluding hydrogens is 262 g/mol. The lowest BCUT2D eigenvalue weighted by Crippen LogP contribution is -2.39. The van der Waals surface area contributed by atoms with E-state index in [1.54, 1.807) is 0 Å². The van der Waals surface area contributed by atoms with Gasteiger partial charge in [0.2, 0.25) is 0 Å². The van der Waals surface area contributed by atoms with Crippen LogP contribution >= 0.6 is 0 Å². The minimum Gasteiger partial charge on any atom is -0.381 e. The highest BCUT2D eigenvalue weighted by Crippen LogP contribution is 2.32. The topological polar surface area (TPSA) is 30.5 Å². The minimum absolute atomic E-state index is 0.298. The van der Waals surface area contributed by atoms with Gasteiger partial charge in [0, 0.05) is 12.5 Å². The van der Waals surface area contributed by atoms with E-state index in [0.29, 0.717) is 18.1 Å². The molecule has 1 N–H and O–H groups in total. The molecule has 3 heteroatoms. The molecule has 0 bridgehead atoms. The van der Waals surface area contributed by atoms with Crippen molar-refractivity contribution in [2.24, 2.45) is 5.92 Å². The Labute approximate surface area is 128 Å². The maximum atomic E-state index is 6.29. The molecule has 0 saturated carbocycles. The van der Waals surface area contributed by atoms with Gasteiger partial charge in [-0.3, -0.25) is 0 Å². The largest absolute Gasteiger partial charge is 0.381 e. The van der Waals surface area contributed by atoms with Crippen LogP contribution < -0.4 is 5.32 Å². The number of hydrogen-bond donors (Lipinski definition) is 1. The van der Waals surface area contributed by atoms with E-state index in [1.807, 2.05) is 0 Å². The molecular formula is C18H27NO2. The van der Waals surface area contributed by atoms with Gasteiger partial charge >= 0.3 is 0 Å². The molecule has 1 aliphatic carbocycles. The number of benzene rings is 1. The van der Waals surface area contributed by atoms with Crippen molar-refractivity contribution in [2.75, 3.05) is 26.4 Å². The molecule has 0 amide bonds. The van der Waals surface area contributed by atoms with E-state index in [1.165, 1.54) is 11.1 Å². The summed E-state index contributed by atoms with van der Waals surface area (Å²) in [5.41, 5.74) is 2.92. The monoisotopic (exact) mass is 289 g/mol. The molecule has 2 aliphatic rings. The lowest BCUT2D eigenvalue weighted by atomic mass is 9.85. The molecule has 1 aromatic carbocycles. The zero-order valence-corrected chi connectivity index (χ0v) is 13.0. The van der Waals surface area contributed by atoms with Gasteiger partial charge in [0.1, 0.15) is 0 Å². The van der Waals surface area contributed by atoms with E-state index in [-0.39, 0.29) is 0 Å². The summed E-state index contributed by atoms with van der Waals surface area (Å²) in [5.74, 6) is 0.592. The van der Waals surface area contributed by atoms with Crippen molar-refractivity contribution in [3.8, 4) is 0 Å². The van der Waals surface area contributed by atoms with Crippen molar-refractivity contribution in [1.82, 2.24) is 5.32 Å². The molecule has 0 radical (unpaired) electrons. The van der Waals surface area contributed by atoms with Crippen LogP contribution in [0.2, 0.25) is 0 Å².